The Hall–Kier alpha value is -3.11. The Labute approximate surface area is 169 Å². The molecular formula is C23H20ClNO3. The number of esters is 1. The number of ether oxygens (including phenoxy) is 1. The second kappa shape index (κ2) is 9.20. The molecule has 0 saturated carbocycles. The van der Waals surface area contributed by atoms with Crippen molar-refractivity contribution in [3.8, 4) is 5.75 Å². The fraction of sp³-hybridized carbons (Fsp3) is 0.130. The van der Waals surface area contributed by atoms with Crippen LogP contribution in [-0.2, 0) is 11.2 Å². The molecule has 0 aromatic heterocycles. The van der Waals surface area contributed by atoms with Crippen LogP contribution in [0, 0.1) is 6.92 Å². The predicted octanol–water partition coefficient (Wildman–Crippen LogP) is 5.44. The Morgan fingerprint density at radius 1 is 0.893 bits per heavy atom. The number of benzene rings is 3. The molecule has 0 aliphatic heterocycles. The topological polar surface area (TPSA) is 55.4 Å². The normalized spacial score (nSPS) is 10.4. The lowest BCUT2D eigenvalue weighted by atomic mass is 10.1. The summed E-state index contributed by atoms with van der Waals surface area (Å²) in [6, 6.07) is 21.4. The first-order valence-corrected chi connectivity index (χ1v) is 9.30. The van der Waals surface area contributed by atoms with E-state index in [1.54, 1.807) is 48.5 Å². The van der Waals surface area contributed by atoms with Gasteiger partial charge in [-0.2, -0.15) is 0 Å². The molecule has 1 amide bonds. The van der Waals surface area contributed by atoms with E-state index in [2.05, 4.69) is 5.32 Å². The van der Waals surface area contributed by atoms with Gasteiger partial charge in [0.05, 0.1) is 0 Å². The van der Waals surface area contributed by atoms with E-state index in [1.165, 1.54) is 5.56 Å². The van der Waals surface area contributed by atoms with E-state index in [9.17, 15) is 9.59 Å². The number of carbonyl (C=O) groups excluding carboxylic acids is 2. The van der Waals surface area contributed by atoms with Crippen molar-refractivity contribution in [3.05, 3.63) is 94.5 Å². The van der Waals surface area contributed by atoms with Crippen LogP contribution in [0.4, 0.5) is 5.69 Å². The lowest BCUT2D eigenvalue weighted by molar-refractivity contribution is -0.134. The molecule has 0 aliphatic carbocycles. The fourth-order valence-corrected chi connectivity index (χ4v) is 2.72. The van der Waals surface area contributed by atoms with Crippen molar-refractivity contribution in [2.24, 2.45) is 0 Å². The molecule has 0 unspecified atom stereocenters. The van der Waals surface area contributed by atoms with Gasteiger partial charge in [-0.25, -0.2) is 0 Å². The highest BCUT2D eigenvalue weighted by Gasteiger charge is 2.09. The molecule has 0 atom stereocenters. The first-order valence-electron chi connectivity index (χ1n) is 8.93. The molecule has 5 heteroatoms. The molecule has 0 heterocycles. The third-order valence-electron chi connectivity index (χ3n) is 4.19. The lowest BCUT2D eigenvalue weighted by Crippen LogP contribution is -2.12. The average molecular weight is 394 g/mol. The van der Waals surface area contributed by atoms with Crippen LogP contribution in [0.1, 0.15) is 27.9 Å². The van der Waals surface area contributed by atoms with Crippen LogP contribution in [0.2, 0.25) is 5.02 Å². The van der Waals surface area contributed by atoms with Crippen molar-refractivity contribution < 1.29 is 14.3 Å². The highest BCUT2D eigenvalue weighted by atomic mass is 35.5. The number of aryl methyl sites for hydroxylation is 2. The van der Waals surface area contributed by atoms with Crippen LogP contribution in [0.5, 0.6) is 5.75 Å². The maximum absolute atomic E-state index is 12.3. The summed E-state index contributed by atoms with van der Waals surface area (Å²) < 4.78 is 5.34. The van der Waals surface area contributed by atoms with Crippen LogP contribution >= 0.6 is 11.6 Å². The van der Waals surface area contributed by atoms with Crippen molar-refractivity contribution in [2.45, 2.75) is 19.8 Å². The van der Waals surface area contributed by atoms with Crippen LogP contribution < -0.4 is 10.1 Å². The molecule has 0 spiro atoms. The zero-order valence-electron chi connectivity index (χ0n) is 15.4. The van der Waals surface area contributed by atoms with Gasteiger partial charge in [0.2, 0.25) is 0 Å². The second-order valence-electron chi connectivity index (χ2n) is 6.45. The van der Waals surface area contributed by atoms with Crippen molar-refractivity contribution in [3.63, 3.8) is 0 Å². The number of rotatable bonds is 6. The monoisotopic (exact) mass is 393 g/mol. The summed E-state index contributed by atoms with van der Waals surface area (Å²) in [7, 11) is 0. The molecule has 142 valence electrons. The minimum absolute atomic E-state index is 0.250. The van der Waals surface area contributed by atoms with E-state index in [-0.39, 0.29) is 11.9 Å². The first-order chi connectivity index (χ1) is 13.5. The summed E-state index contributed by atoms with van der Waals surface area (Å²) in [4.78, 5) is 24.3. The zero-order chi connectivity index (χ0) is 19.9. The third-order valence-corrected chi connectivity index (χ3v) is 4.44. The second-order valence-corrected chi connectivity index (χ2v) is 6.88. The Balaban J connectivity index is 1.51. The van der Waals surface area contributed by atoms with E-state index in [0.717, 1.165) is 5.56 Å². The van der Waals surface area contributed by atoms with Crippen LogP contribution in [-0.4, -0.2) is 11.9 Å². The molecule has 1 N–H and O–H groups in total. The van der Waals surface area contributed by atoms with E-state index in [1.807, 2.05) is 31.2 Å². The largest absolute Gasteiger partial charge is 0.427 e. The quantitative estimate of drug-likeness (QED) is 0.448. The number of hydrogen-bond acceptors (Lipinski definition) is 3. The molecule has 0 fully saturated rings. The van der Waals surface area contributed by atoms with Crippen LogP contribution in [0.15, 0.2) is 72.8 Å². The summed E-state index contributed by atoms with van der Waals surface area (Å²) in [6.45, 7) is 2.03. The highest BCUT2D eigenvalue weighted by Crippen LogP contribution is 2.17. The van der Waals surface area contributed by atoms with Gasteiger partial charge < -0.3 is 10.1 Å². The summed E-state index contributed by atoms with van der Waals surface area (Å²) in [5, 5.41) is 3.39. The van der Waals surface area contributed by atoms with Crippen molar-refractivity contribution >= 4 is 29.2 Å². The SMILES string of the molecule is Cc1ccc(CCC(=O)Oc2ccc(C(=O)Nc3ccc(Cl)cc3)cc2)cc1. The lowest BCUT2D eigenvalue weighted by Gasteiger charge is -2.07. The smallest absolute Gasteiger partial charge is 0.311 e. The molecule has 3 rings (SSSR count). The van der Waals surface area contributed by atoms with Crippen molar-refractivity contribution in [1.29, 1.82) is 0 Å². The summed E-state index contributed by atoms with van der Waals surface area (Å²) in [5.74, 6) is -0.143. The van der Waals surface area contributed by atoms with Crippen LogP contribution in [0.25, 0.3) is 0 Å². The van der Waals surface area contributed by atoms with Gasteiger partial charge in [0.15, 0.2) is 0 Å². The molecule has 28 heavy (non-hydrogen) atoms. The van der Waals surface area contributed by atoms with Gasteiger partial charge in [-0.05, 0) is 67.4 Å². The Kier molecular flexibility index (Phi) is 6.45. The van der Waals surface area contributed by atoms with Gasteiger partial charge >= 0.3 is 5.97 Å². The number of amides is 1. The Morgan fingerprint density at radius 2 is 1.54 bits per heavy atom. The number of hydrogen-bond donors (Lipinski definition) is 1. The van der Waals surface area contributed by atoms with E-state index < -0.39 is 0 Å². The maximum atomic E-state index is 12.3. The Morgan fingerprint density at radius 3 is 2.18 bits per heavy atom. The minimum atomic E-state index is -0.307. The molecule has 3 aromatic rings. The highest BCUT2D eigenvalue weighted by molar-refractivity contribution is 6.30. The zero-order valence-corrected chi connectivity index (χ0v) is 16.2. The van der Waals surface area contributed by atoms with E-state index in [4.69, 9.17) is 16.3 Å². The number of nitrogens with one attached hydrogen (secondary N) is 1. The molecule has 0 saturated heterocycles. The fourth-order valence-electron chi connectivity index (χ4n) is 2.59. The first kappa shape index (κ1) is 19.6. The molecule has 4 nitrogen and oxygen atoms in total. The van der Waals surface area contributed by atoms with Gasteiger partial charge in [-0.15, -0.1) is 0 Å². The van der Waals surface area contributed by atoms with Gasteiger partial charge in [0, 0.05) is 22.7 Å². The molecule has 0 aliphatic rings. The van der Waals surface area contributed by atoms with Crippen LogP contribution in [0.3, 0.4) is 0 Å². The average Bonchev–Trinajstić information content (AvgIpc) is 2.70. The van der Waals surface area contributed by atoms with E-state index in [0.29, 0.717) is 34.9 Å². The summed E-state index contributed by atoms with van der Waals surface area (Å²) >= 11 is 5.83. The van der Waals surface area contributed by atoms with E-state index >= 15 is 0 Å². The molecule has 0 radical (unpaired) electrons. The summed E-state index contributed by atoms with van der Waals surface area (Å²) in [5.41, 5.74) is 3.40. The predicted molar refractivity (Wildman–Crippen MR) is 111 cm³/mol. The van der Waals surface area contributed by atoms with Gasteiger partial charge in [-0.3, -0.25) is 9.59 Å². The number of carbonyl (C=O) groups is 2. The van der Waals surface area contributed by atoms with Crippen molar-refractivity contribution in [2.75, 3.05) is 5.32 Å². The minimum Gasteiger partial charge on any atom is -0.427 e. The van der Waals surface area contributed by atoms with Gasteiger partial charge in [0.25, 0.3) is 5.91 Å². The molecule has 3 aromatic carbocycles. The Bertz CT molecular complexity index is 949. The molecular weight excluding hydrogens is 374 g/mol. The number of halogens is 1. The van der Waals surface area contributed by atoms with Crippen molar-refractivity contribution in [1.82, 2.24) is 0 Å². The number of anilines is 1. The standard InChI is InChI=1S/C23H20ClNO3/c1-16-2-4-17(5-3-16)6-15-22(26)28-21-13-7-18(8-14-21)23(27)25-20-11-9-19(24)10-12-20/h2-5,7-14H,6,15H2,1H3,(H,25,27). The summed E-state index contributed by atoms with van der Waals surface area (Å²) in [6.07, 6.45) is 0.919. The molecule has 0 bridgehead atoms. The third kappa shape index (κ3) is 5.69. The van der Waals surface area contributed by atoms with Gasteiger partial charge in [0.1, 0.15) is 5.75 Å². The van der Waals surface area contributed by atoms with Gasteiger partial charge in [-0.1, -0.05) is 41.4 Å². The maximum Gasteiger partial charge on any atom is 0.311 e.